The lowest BCUT2D eigenvalue weighted by Crippen LogP contribution is -2.39. The predicted octanol–water partition coefficient (Wildman–Crippen LogP) is 2.14. The summed E-state index contributed by atoms with van der Waals surface area (Å²) in [6, 6.07) is 12.7. The molecule has 1 aromatic heterocycles. The number of para-hydroxylation sites is 2. The molecule has 25 heavy (non-hydrogen) atoms. The van der Waals surface area contributed by atoms with Gasteiger partial charge in [-0.1, -0.05) is 24.3 Å². The first-order valence-electron chi connectivity index (χ1n) is 7.61. The van der Waals surface area contributed by atoms with Gasteiger partial charge in [0.15, 0.2) is 0 Å². The van der Waals surface area contributed by atoms with E-state index in [1.807, 2.05) is 24.3 Å². The molecule has 0 aliphatic heterocycles. The molecule has 0 radical (unpaired) electrons. The smallest absolute Gasteiger partial charge is 0.315 e. The first kappa shape index (κ1) is 16.4. The highest BCUT2D eigenvalue weighted by molar-refractivity contribution is 5.94. The first-order chi connectivity index (χ1) is 12.1. The number of carbonyl (C=O) groups is 2. The Morgan fingerprint density at radius 3 is 2.56 bits per heavy atom. The maximum atomic E-state index is 12.8. The van der Waals surface area contributed by atoms with Gasteiger partial charge in [0.1, 0.15) is 5.82 Å². The molecule has 0 aliphatic rings. The van der Waals surface area contributed by atoms with E-state index in [0.717, 1.165) is 16.6 Å². The van der Waals surface area contributed by atoms with Gasteiger partial charge in [-0.3, -0.25) is 10.1 Å². The molecule has 7 nitrogen and oxygen atoms in total. The van der Waals surface area contributed by atoms with Gasteiger partial charge in [-0.25, -0.2) is 14.2 Å². The lowest BCUT2D eigenvalue weighted by molar-refractivity contribution is -0.115. The summed E-state index contributed by atoms with van der Waals surface area (Å²) in [6.45, 7) is 0.0314. The standard InChI is InChI=1S/C17H16FN5O2/c18-12-7-5-11(6-8-12)9-19-17(25)20-10-15(24)23-16-21-13-3-1-2-4-14(13)22-16/h1-8H,9-10H2,(H2,19,20,25)(H2,21,22,23,24). The van der Waals surface area contributed by atoms with E-state index in [1.54, 1.807) is 12.1 Å². The Hall–Kier alpha value is -3.42. The molecular weight excluding hydrogens is 325 g/mol. The number of urea groups is 1. The minimum absolute atomic E-state index is 0.202. The molecule has 3 amide bonds. The fraction of sp³-hybridized carbons (Fsp3) is 0.118. The van der Waals surface area contributed by atoms with Crippen LogP contribution in [0.25, 0.3) is 11.0 Å². The number of H-pyrrole nitrogens is 1. The normalized spacial score (nSPS) is 10.4. The van der Waals surface area contributed by atoms with Gasteiger partial charge >= 0.3 is 6.03 Å². The largest absolute Gasteiger partial charge is 0.334 e. The van der Waals surface area contributed by atoms with E-state index in [2.05, 4.69) is 25.9 Å². The maximum Gasteiger partial charge on any atom is 0.315 e. The number of rotatable bonds is 5. The third kappa shape index (κ3) is 4.54. The van der Waals surface area contributed by atoms with Crippen molar-refractivity contribution in [3.63, 3.8) is 0 Å². The molecule has 2 aromatic carbocycles. The van der Waals surface area contributed by atoms with Gasteiger partial charge in [-0.05, 0) is 29.8 Å². The third-order valence-electron chi connectivity index (χ3n) is 3.42. The number of hydrogen-bond acceptors (Lipinski definition) is 3. The summed E-state index contributed by atoms with van der Waals surface area (Å²) in [5, 5.41) is 7.60. The van der Waals surface area contributed by atoms with Crippen LogP contribution in [0.1, 0.15) is 5.56 Å². The van der Waals surface area contributed by atoms with Crippen LogP contribution in [0.3, 0.4) is 0 Å². The minimum Gasteiger partial charge on any atom is -0.334 e. The molecule has 0 aliphatic carbocycles. The highest BCUT2D eigenvalue weighted by atomic mass is 19.1. The Morgan fingerprint density at radius 1 is 1.04 bits per heavy atom. The van der Waals surface area contributed by atoms with Crippen molar-refractivity contribution in [3.8, 4) is 0 Å². The SMILES string of the molecule is O=C(CNC(=O)NCc1ccc(F)cc1)Nc1nc2ccccc2[nH]1. The third-order valence-corrected chi connectivity index (χ3v) is 3.42. The molecule has 0 saturated carbocycles. The van der Waals surface area contributed by atoms with Gasteiger partial charge in [0.05, 0.1) is 17.6 Å². The number of nitrogens with zero attached hydrogens (tertiary/aromatic N) is 1. The van der Waals surface area contributed by atoms with E-state index in [1.165, 1.54) is 12.1 Å². The van der Waals surface area contributed by atoms with Gasteiger partial charge in [0.25, 0.3) is 0 Å². The number of fused-ring (bicyclic) bond motifs is 1. The molecule has 3 aromatic rings. The summed E-state index contributed by atoms with van der Waals surface area (Å²) in [4.78, 5) is 30.7. The van der Waals surface area contributed by atoms with E-state index in [4.69, 9.17) is 0 Å². The van der Waals surface area contributed by atoms with Gasteiger partial charge in [-0.2, -0.15) is 0 Å². The zero-order valence-electron chi connectivity index (χ0n) is 13.2. The summed E-state index contributed by atoms with van der Waals surface area (Å²) in [5.41, 5.74) is 2.30. The highest BCUT2D eigenvalue weighted by Gasteiger charge is 2.08. The molecule has 8 heteroatoms. The Bertz CT molecular complexity index is 858. The summed E-state index contributed by atoms with van der Waals surface area (Å²) in [6.07, 6.45) is 0. The van der Waals surface area contributed by atoms with Gasteiger partial charge in [0, 0.05) is 6.54 Å². The van der Waals surface area contributed by atoms with Crippen molar-refractivity contribution in [3.05, 3.63) is 59.9 Å². The van der Waals surface area contributed by atoms with Crippen molar-refractivity contribution in [2.45, 2.75) is 6.54 Å². The van der Waals surface area contributed by atoms with E-state index < -0.39 is 11.9 Å². The molecule has 0 unspecified atom stereocenters. The number of hydrogen-bond donors (Lipinski definition) is 4. The van der Waals surface area contributed by atoms with Gasteiger partial charge in [-0.15, -0.1) is 0 Å². The summed E-state index contributed by atoms with van der Waals surface area (Å²) >= 11 is 0. The zero-order valence-corrected chi connectivity index (χ0v) is 13.2. The van der Waals surface area contributed by atoms with Crippen LogP contribution >= 0.6 is 0 Å². The molecule has 0 atom stereocenters. The number of carbonyl (C=O) groups excluding carboxylic acids is 2. The lowest BCUT2D eigenvalue weighted by Gasteiger charge is -2.07. The number of benzene rings is 2. The number of imidazole rings is 1. The first-order valence-corrected chi connectivity index (χ1v) is 7.61. The van der Waals surface area contributed by atoms with Crippen LogP contribution in [0.5, 0.6) is 0 Å². The molecule has 3 rings (SSSR count). The lowest BCUT2D eigenvalue weighted by atomic mass is 10.2. The molecule has 1 heterocycles. The second-order valence-corrected chi connectivity index (χ2v) is 5.31. The number of aromatic nitrogens is 2. The number of halogens is 1. The van der Waals surface area contributed by atoms with Gasteiger partial charge in [0.2, 0.25) is 11.9 Å². The van der Waals surface area contributed by atoms with E-state index in [-0.39, 0.29) is 18.9 Å². The minimum atomic E-state index is -0.496. The van der Waals surface area contributed by atoms with E-state index in [9.17, 15) is 14.0 Å². The molecule has 0 fully saturated rings. The summed E-state index contributed by atoms with van der Waals surface area (Å²) in [5.74, 6) is -0.425. The number of aromatic amines is 1. The zero-order chi connectivity index (χ0) is 17.6. The van der Waals surface area contributed by atoms with Crippen LogP contribution in [-0.4, -0.2) is 28.5 Å². The van der Waals surface area contributed by atoms with E-state index >= 15 is 0 Å². The topological polar surface area (TPSA) is 98.9 Å². The van der Waals surface area contributed by atoms with E-state index in [0.29, 0.717) is 5.95 Å². The molecule has 128 valence electrons. The van der Waals surface area contributed by atoms with Crippen LogP contribution < -0.4 is 16.0 Å². The van der Waals surface area contributed by atoms with Crippen LogP contribution in [0, 0.1) is 5.82 Å². The average molecular weight is 341 g/mol. The van der Waals surface area contributed by atoms with Crippen molar-refractivity contribution in [1.29, 1.82) is 0 Å². The number of nitrogens with one attached hydrogen (secondary N) is 4. The summed E-state index contributed by atoms with van der Waals surface area (Å²) < 4.78 is 12.8. The molecule has 4 N–H and O–H groups in total. The molecule has 0 bridgehead atoms. The molecule has 0 spiro atoms. The molecular formula is C17H16FN5O2. The van der Waals surface area contributed by atoms with Crippen LogP contribution in [-0.2, 0) is 11.3 Å². The average Bonchev–Trinajstić information content (AvgIpc) is 3.01. The predicted molar refractivity (Wildman–Crippen MR) is 91.4 cm³/mol. The fourth-order valence-electron chi connectivity index (χ4n) is 2.20. The summed E-state index contributed by atoms with van der Waals surface area (Å²) in [7, 11) is 0. The van der Waals surface area contributed by atoms with Crippen molar-refractivity contribution in [2.24, 2.45) is 0 Å². The van der Waals surface area contributed by atoms with Crippen molar-refractivity contribution in [2.75, 3.05) is 11.9 Å². The van der Waals surface area contributed by atoms with Crippen LogP contribution in [0.2, 0.25) is 0 Å². The van der Waals surface area contributed by atoms with Crippen LogP contribution in [0.4, 0.5) is 15.1 Å². The monoisotopic (exact) mass is 341 g/mol. The highest BCUT2D eigenvalue weighted by Crippen LogP contribution is 2.12. The Kier molecular flexibility index (Phi) is 4.89. The Labute approximate surface area is 142 Å². The van der Waals surface area contributed by atoms with Gasteiger partial charge < -0.3 is 15.6 Å². The van der Waals surface area contributed by atoms with Crippen molar-refractivity contribution >= 4 is 28.9 Å². The second kappa shape index (κ2) is 7.43. The van der Waals surface area contributed by atoms with Crippen LogP contribution in [0.15, 0.2) is 48.5 Å². The quantitative estimate of drug-likeness (QED) is 0.572. The Morgan fingerprint density at radius 2 is 1.80 bits per heavy atom. The maximum absolute atomic E-state index is 12.8. The van der Waals surface area contributed by atoms with Crippen molar-refractivity contribution in [1.82, 2.24) is 20.6 Å². The molecule has 0 saturated heterocycles. The second-order valence-electron chi connectivity index (χ2n) is 5.31. The number of anilines is 1. The van der Waals surface area contributed by atoms with Crippen molar-refractivity contribution < 1.29 is 14.0 Å². The Balaban J connectivity index is 1.43. The number of amides is 3. The fourth-order valence-corrected chi connectivity index (χ4v) is 2.20.